The first-order chi connectivity index (χ1) is 12.2. The summed E-state index contributed by atoms with van der Waals surface area (Å²) in [6.07, 6.45) is 8.96. The van der Waals surface area contributed by atoms with E-state index >= 15 is 0 Å². The first kappa shape index (κ1) is 15.7. The molecule has 4 heterocycles. The Hall–Kier alpha value is -2.83. The molecule has 0 N–H and O–H groups in total. The first-order valence-corrected chi connectivity index (χ1v) is 8.45. The van der Waals surface area contributed by atoms with Gasteiger partial charge in [0.1, 0.15) is 5.69 Å². The van der Waals surface area contributed by atoms with Gasteiger partial charge < -0.3 is 9.80 Å². The van der Waals surface area contributed by atoms with Gasteiger partial charge in [0.25, 0.3) is 5.91 Å². The van der Waals surface area contributed by atoms with E-state index < -0.39 is 0 Å². The number of fused-ring (bicyclic) bond motifs is 1. The van der Waals surface area contributed by atoms with E-state index in [-0.39, 0.29) is 23.7 Å². The van der Waals surface area contributed by atoms with Gasteiger partial charge in [0.05, 0.1) is 12.1 Å². The third kappa shape index (κ3) is 3.09. The first-order valence-electron chi connectivity index (χ1n) is 8.45. The van der Waals surface area contributed by atoms with Crippen LogP contribution in [0.1, 0.15) is 22.5 Å². The summed E-state index contributed by atoms with van der Waals surface area (Å²) in [5.41, 5.74) is 1.36. The van der Waals surface area contributed by atoms with Gasteiger partial charge in [-0.1, -0.05) is 6.07 Å². The fourth-order valence-electron chi connectivity index (χ4n) is 3.72. The van der Waals surface area contributed by atoms with Crippen molar-refractivity contribution >= 4 is 11.8 Å². The van der Waals surface area contributed by atoms with Gasteiger partial charge in [0, 0.05) is 51.0 Å². The average Bonchev–Trinajstić information content (AvgIpc) is 3.10. The molecule has 2 fully saturated rings. The third-order valence-electron chi connectivity index (χ3n) is 5.01. The Labute approximate surface area is 145 Å². The molecule has 4 rings (SSSR count). The minimum Gasteiger partial charge on any atom is -0.338 e. The molecule has 0 spiro atoms. The number of hydrogen-bond donors (Lipinski definition) is 0. The highest BCUT2D eigenvalue weighted by Gasteiger charge is 2.44. The molecule has 2 atom stereocenters. The molecule has 2 saturated heterocycles. The van der Waals surface area contributed by atoms with Crippen LogP contribution in [0.25, 0.3) is 0 Å². The lowest BCUT2D eigenvalue weighted by Gasteiger charge is -2.33. The second kappa shape index (κ2) is 6.58. The van der Waals surface area contributed by atoms with Gasteiger partial charge in [-0.2, -0.15) is 0 Å². The van der Waals surface area contributed by atoms with E-state index in [2.05, 4.69) is 15.0 Å². The van der Waals surface area contributed by atoms with Crippen LogP contribution in [0.15, 0.2) is 43.1 Å². The molecule has 0 radical (unpaired) electrons. The van der Waals surface area contributed by atoms with E-state index in [1.54, 1.807) is 23.5 Å². The summed E-state index contributed by atoms with van der Waals surface area (Å²) in [6, 6.07) is 3.86. The van der Waals surface area contributed by atoms with Crippen LogP contribution in [-0.4, -0.2) is 56.2 Å². The fraction of sp³-hybridized carbons (Fsp3) is 0.389. The van der Waals surface area contributed by atoms with Crippen LogP contribution < -0.4 is 0 Å². The van der Waals surface area contributed by atoms with Gasteiger partial charge in [0.2, 0.25) is 5.91 Å². The molecule has 0 bridgehead atoms. The van der Waals surface area contributed by atoms with Crippen molar-refractivity contribution in [3.8, 4) is 0 Å². The molecule has 7 heteroatoms. The Morgan fingerprint density at radius 1 is 1.16 bits per heavy atom. The number of hydrogen-bond acceptors (Lipinski definition) is 5. The van der Waals surface area contributed by atoms with E-state index in [0.29, 0.717) is 25.3 Å². The standard InChI is InChI=1S/C18H19N5O2/c24-17-15-12-23(18(25)16-9-20-5-6-21-16)11-14(15)3-7-22(17)10-13-2-1-4-19-8-13/h1-2,4-6,8-9,14-15H,3,7,10-12H2. The molecule has 25 heavy (non-hydrogen) atoms. The molecular weight excluding hydrogens is 318 g/mol. The van der Waals surface area contributed by atoms with Crippen molar-refractivity contribution in [1.29, 1.82) is 0 Å². The number of carbonyl (C=O) groups excluding carboxylic acids is 2. The molecule has 2 aromatic heterocycles. The highest BCUT2D eigenvalue weighted by molar-refractivity contribution is 5.93. The number of likely N-dealkylation sites (tertiary alicyclic amines) is 2. The number of aromatic nitrogens is 3. The van der Waals surface area contributed by atoms with Gasteiger partial charge >= 0.3 is 0 Å². The third-order valence-corrected chi connectivity index (χ3v) is 5.01. The molecule has 0 aromatic carbocycles. The SMILES string of the molecule is O=C(c1cnccn1)N1CC2CCN(Cc3cccnc3)C(=O)C2C1. The minimum atomic E-state index is -0.144. The van der Waals surface area contributed by atoms with Crippen LogP contribution in [0.5, 0.6) is 0 Å². The predicted octanol–water partition coefficient (Wildman–Crippen LogP) is 0.992. The van der Waals surface area contributed by atoms with Crippen LogP contribution in [0, 0.1) is 11.8 Å². The largest absolute Gasteiger partial charge is 0.338 e. The normalized spacial score (nSPS) is 22.8. The number of rotatable bonds is 3. The summed E-state index contributed by atoms with van der Waals surface area (Å²) in [5.74, 6) is 0.105. The molecule has 2 unspecified atom stereocenters. The summed E-state index contributed by atoms with van der Waals surface area (Å²) in [5, 5.41) is 0. The van der Waals surface area contributed by atoms with Crippen molar-refractivity contribution in [3.05, 3.63) is 54.4 Å². The molecule has 128 valence electrons. The maximum absolute atomic E-state index is 12.9. The van der Waals surface area contributed by atoms with E-state index in [4.69, 9.17) is 0 Å². The number of carbonyl (C=O) groups is 2. The zero-order valence-corrected chi connectivity index (χ0v) is 13.8. The average molecular weight is 337 g/mol. The number of pyridine rings is 1. The molecule has 7 nitrogen and oxygen atoms in total. The Bertz CT molecular complexity index is 768. The molecule has 2 aromatic rings. The van der Waals surface area contributed by atoms with Crippen LogP contribution in [0.3, 0.4) is 0 Å². The van der Waals surface area contributed by atoms with Gasteiger partial charge in [-0.15, -0.1) is 0 Å². The Morgan fingerprint density at radius 3 is 2.80 bits per heavy atom. The van der Waals surface area contributed by atoms with Crippen LogP contribution in [0.2, 0.25) is 0 Å². The van der Waals surface area contributed by atoms with Crippen LogP contribution in [0.4, 0.5) is 0 Å². The summed E-state index contributed by atoms with van der Waals surface area (Å²) in [6.45, 7) is 2.38. The lowest BCUT2D eigenvalue weighted by molar-refractivity contribution is -0.140. The second-order valence-electron chi connectivity index (χ2n) is 6.58. The van der Waals surface area contributed by atoms with Crippen molar-refractivity contribution in [2.75, 3.05) is 19.6 Å². The van der Waals surface area contributed by atoms with Crippen molar-refractivity contribution in [3.63, 3.8) is 0 Å². The topological polar surface area (TPSA) is 79.3 Å². The van der Waals surface area contributed by atoms with E-state index in [1.165, 1.54) is 12.4 Å². The van der Waals surface area contributed by atoms with Gasteiger partial charge in [-0.3, -0.25) is 19.6 Å². The summed E-state index contributed by atoms with van der Waals surface area (Å²) >= 11 is 0. The Morgan fingerprint density at radius 2 is 2.04 bits per heavy atom. The molecule has 2 aliphatic rings. The number of piperidine rings is 1. The quantitative estimate of drug-likeness (QED) is 0.834. The number of nitrogens with zero attached hydrogens (tertiary/aromatic N) is 5. The Balaban J connectivity index is 1.44. The lowest BCUT2D eigenvalue weighted by atomic mass is 9.88. The van der Waals surface area contributed by atoms with Crippen LogP contribution >= 0.6 is 0 Å². The summed E-state index contributed by atoms with van der Waals surface area (Å²) < 4.78 is 0. The van der Waals surface area contributed by atoms with E-state index in [9.17, 15) is 9.59 Å². The number of amides is 2. The van der Waals surface area contributed by atoms with E-state index in [1.807, 2.05) is 17.0 Å². The smallest absolute Gasteiger partial charge is 0.274 e. The minimum absolute atomic E-state index is 0.119. The Kier molecular flexibility index (Phi) is 4.13. The molecule has 0 aliphatic carbocycles. The highest BCUT2D eigenvalue weighted by atomic mass is 16.2. The highest BCUT2D eigenvalue weighted by Crippen LogP contribution is 2.33. The summed E-state index contributed by atoms with van der Waals surface area (Å²) in [7, 11) is 0. The van der Waals surface area contributed by atoms with Crippen molar-refractivity contribution in [2.45, 2.75) is 13.0 Å². The van der Waals surface area contributed by atoms with Gasteiger partial charge in [0.15, 0.2) is 0 Å². The van der Waals surface area contributed by atoms with Crippen LogP contribution in [-0.2, 0) is 11.3 Å². The zero-order chi connectivity index (χ0) is 17.2. The van der Waals surface area contributed by atoms with E-state index in [0.717, 1.165) is 18.5 Å². The van der Waals surface area contributed by atoms with Gasteiger partial charge in [-0.05, 0) is 24.0 Å². The summed E-state index contributed by atoms with van der Waals surface area (Å²) in [4.78, 5) is 41.2. The van der Waals surface area contributed by atoms with Gasteiger partial charge in [-0.25, -0.2) is 4.98 Å². The predicted molar refractivity (Wildman–Crippen MR) is 89.2 cm³/mol. The van der Waals surface area contributed by atoms with Crippen molar-refractivity contribution < 1.29 is 9.59 Å². The monoisotopic (exact) mass is 337 g/mol. The van der Waals surface area contributed by atoms with Crippen molar-refractivity contribution in [1.82, 2.24) is 24.8 Å². The molecule has 2 aliphatic heterocycles. The molecular formula is C18H19N5O2. The fourth-order valence-corrected chi connectivity index (χ4v) is 3.72. The second-order valence-corrected chi connectivity index (χ2v) is 6.58. The van der Waals surface area contributed by atoms with Crippen molar-refractivity contribution in [2.24, 2.45) is 11.8 Å². The zero-order valence-electron chi connectivity index (χ0n) is 13.8. The molecule has 2 amide bonds. The lowest BCUT2D eigenvalue weighted by Crippen LogP contribution is -2.44. The maximum atomic E-state index is 12.9. The maximum Gasteiger partial charge on any atom is 0.274 e. The molecule has 0 saturated carbocycles.